The molecule has 0 bridgehead atoms. The number of carbonyl (C=O) groups excluding carboxylic acids is 1. The molecule has 0 fully saturated rings. The van der Waals surface area contributed by atoms with E-state index in [1.807, 2.05) is 0 Å². The predicted octanol–water partition coefficient (Wildman–Crippen LogP) is -0.0119. The van der Waals surface area contributed by atoms with E-state index in [-0.39, 0.29) is 0 Å². The van der Waals surface area contributed by atoms with Gasteiger partial charge in [0.05, 0.1) is 5.56 Å². The number of nitrogens with one attached hydrogen (secondary N) is 1. The fraction of sp³-hybridized carbons (Fsp3) is 0.125. The highest BCUT2D eigenvalue weighted by Gasteiger charge is 2.23. The van der Waals surface area contributed by atoms with Crippen LogP contribution in [0.1, 0.15) is 11.7 Å². The van der Waals surface area contributed by atoms with Gasteiger partial charge in [-0.1, -0.05) is 6.07 Å². The molecule has 0 aliphatic carbocycles. The van der Waals surface area contributed by atoms with Crippen molar-refractivity contribution in [3.8, 4) is 0 Å². The van der Waals surface area contributed by atoms with Crippen LogP contribution in [0.25, 0.3) is 0 Å². The molecule has 0 aliphatic heterocycles. The van der Waals surface area contributed by atoms with Crippen molar-refractivity contribution in [2.24, 2.45) is 5.84 Å². The molecule has 0 saturated heterocycles. The van der Waals surface area contributed by atoms with E-state index in [1.54, 1.807) is 5.43 Å². The summed E-state index contributed by atoms with van der Waals surface area (Å²) in [4.78, 5) is 10.8. The van der Waals surface area contributed by atoms with Crippen molar-refractivity contribution in [1.82, 2.24) is 5.43 Å². The normalized spacial score (nSPS) is 12.3. The van der Waals surface area contributed by atoms with E-state index >= 15 is 0 Å². The predicted molar refractivity (Wildman–Crippen MR) is 43.6 cm³/mol. The number of nitrogens with two attached hydrogens (primary N) is 1. The second-order valence-corrected chi connectivity index (χ2v) is 2.55. The van der Waals surface area contributed by atoms with Crippen molar-refractivity contribution in [3.63, 3.8) is 0 Å². The lowest BCUT2D eigenvalue weighted by Gasteiger charge is -2.10. The fourth-order valence-corrected chi connectivity index (χ4v) is 0.982. The summed E-state index contributed by atoms with van der Waals surface area (Å²) in [5.74, 6) is 1.63. The first kappa shape index (κ1) is 10.6. The van der Waals surface area contributed by atoms with Gasteiger partial charge in [0, 0.05) is 0 Å². The minimum atomic E-state index is -1.94. The highest BCUT2D eigenvalue weighted by atomic mass is 19.1. The van der Waals surface area contributed by atoms with E-state index in [2.05, 4.69) is 0 Å². The van der Waals surface area contributed by atoms with Crippen LogP contribution in [0.5, 0.6) is 0 Å². The number of hydrogen-bond acceptors (Lipinski definition) is 3. The molecule has 76 valence electrons. The van der Waals surface area contributed by atoms with Crippen molar-refractivity contribution in [2.75, 3.05) is 0 Å². The lowest BCUT2D eigenvalue weighted by atomic mass is 10.1. The first-order valence-electron chi connectivity index (χ1n) is 3.70. The largest absolute Gasteiger partial charge is 0.378 e. The Morgan fingerprint density at radius 2 is 1.93 bits per heavy atom. The number of aliphatic hydroxyl groups excluding tert-OH is 1. The van der Waals surface area contributed by atoms with Crippen LogP contribution in [-0.4, -0.2) is 11.0 Å². The maximum absolute atomic E-state index is 13.0. The summed E-state index contributed by atoms with van der Waals surface area (Å²) in [6.45, 7) is 0. The van der Waals surface area contributed by atoms with E-state index in [9.17, 15) is 18.7 Å². The first-order valence-corrected chi connectivity index (χ1v) is 3.70. The SMILES string of the molecule is NNC(=O)C(O)c1c(F)cccc1F. The molecule has 14 heavy (non-hydrogen) atoms. The first-order chi connectivity index (χ1) is 6.57. The van der Waals surface area contributed by atoms with Crippen molar-refractivity contribution in [1.29, 1.82) is 0 Å². The lowest BCUT2D eigenvalue weighted by molar-refractivity contribution is -0.129. The number of carbonyl (C=O) groups is 1. The van der Waals surface area contributed by atoms with Crippen LogP contribution in [0.3, 0.4) is 0 Å². The van der Waals surface area contributed by atoms with Gasteiger partial charge in [0.25, 0.3) is 5.91 Å². The number of amides is 1. The zero-order chi connectivity index (χ0) is 10.7. The van der Waals surface area contributed by atoms with Crippen LogP contribution in [0, 0.1) is 11.6 Å². The molecule has 1 amide bonds. The van der Waals surface area contributed by atoms with Crippen LogP contribution >= 0.6 is 0 Å². The third-order valence-electron chi connectivity index (χ3n) is 1.66. The second kappa shape index (κ2) is 4.12. The molecular formula is C8H8F2N2O2. The van der Waals surface area contributed by atoms with Crippen molar-refractivity contribution in [2.45, 2.75) is 6.10 Å². The molecule has 0 radical (unpaired) electrons. The second-order valence-electron chi connectivity index (χ2n) is 2.55. The summed E-state index contributed by atoms with van der Waals surface area (Å²) in [5, 5.41) is 9.18. The molecule has 6 heteroatoms. The van der Waals surface area contributed by atoms with Gasteiger partial charge in [0.1, 0.15) is 11.6 Å². The number of hydrazine groups is 1. The molecule has 1 aromatic rings. The molecular weight excluding hydrogens is 194 g/mol. The zero-order valence-corrected chi connectivity index (χ0v) is 7.00. The van der Waals surface area contributed by atoms with Crippen LogP contribution in [0.15, 0.2) is 18.2 Å². The molecule has 0 spiro atoms. The molecule has 4 nitrogen and oxygen atoms in total. The van der Waals surface area contributed by atoms with Gasteiger partial charge in [-0.3, -0.25) is 10.2 Å². The monoisotopic (exact) mass is 202 g/mol. The molecule has 1 atom stereocenters. The Morgan fingerprint density at radius 1 is 1.43 bits per heavy atom. The van der Waals surface area contributed by atoms with Crippen molar-refractivity contribution < 1.29 is 18.7 Å². The van der Waals surface area contributed by atoms with Gasteiger partial charge in [-0.15, -0.1) is 0 Å². The van der Waals surface area contributed by atoms with E-state index in [0.717, 1.165) is 18.2 Å². The zero-order valence-electron chi connectivity index (χ0n) is 7.00. The summed E-state index contributed by atoms with van der Waals surface area (Å²) in [7, 11) is 0. The number of hydrogen-bond donors (Lipinski definition) is 3. The lowest BCUT2D eigenvalue weighted by Crippen LogP contribution is -2.35. The minimum Gasteiger partial charge on any atom is -0.378 e. The summed E-state index contributed by atoms with van der Waals surface area (Å²) >= 11 is 0. The Hall–Kier alpha value is -1.53. The quantitative estimate of drug-likeness (QED) is 0.358. The van der Waals surface area contributed by atoms with Crippen LogP contribution in [-0.2, 0) is 4.79 Å². The molecule has 1 rings (SSSR count). The Bertz CT molecular complexity index is 337. The smallest absolute Gasteiger partial charge is 0.267 e. The molecule has 4 N–H and O–H groups in total. The minimum absolute atomic E-state index is 0.713. The van der Waals surface area contributed by atoms with E-state index in [4.69, 9.17) is 5.84 Å². The average molecular weight is 202 g/mol. The van der Waals surface area contributed by atoms with Gasteiger partial charge in [-0.2, -0.15) is 0 Å². The topological polar surface area (TPSA) is 75.3 Å². The van der Waals surface area contributed by atoms with E-state index < -0.39 is 29.2 Å². The average Bonchev–Trinajstić information content (AvgIpc) is 2.16. The molecule has 1 unspecified atom stereocenters. The number of rotatable bonds is 2. The van der Waals surface area contributed by atoms with Gasteiger partial charge in [0.15, 0.2) is 6.10 Å². The molecule has 0 heterocycles. The number of aliphatic hydroxyl groups is 1. The number of halogens is 2. The molecule has 0 aliphatic rings. The third kappa shape index (κ3) is 1.86. The van der Waals surface area contributed by atoms with Crippen molar-refractivity contribution in [3.05, 3.63) is 35.4 Å². The fourth-order valence-electron chi connectivity index (χ4n) is 0.982. The molecule has 0 aromatic heterocycles. The Labute approximate surface area is 78.3 Å². The maximum atomic E-state index is 13.0. The van der Waals surface area contributed by atoms with Crippen LogP contribution in [0.2, 0.25) is 0 Å². The van der Waals surface area contributed by atoms with E-state index in [1.165, 1.54) is 0 Å². The highest BCUT2D eigenvalue weighted by molar-refractivity contribution is 5.81. The molecule has 0 saturated carbocycles. The van der Waals surface area contributed by atoms with Crippen LogP contribution in [0.4, 0.5) is 8.78 Å². The third-order valence-corrected chi connectivity index (χ3v) is 1.66. The maximum Gasteiger partial charge on any atom is 0.267 e. The number of benzene rings is 1. The summed E-state index contributed by atoms with van der Waals surface area (Å²) < 4.78 is 26.0. The van der Waals surface area contributed by atoms with Gasteiger partial charge in [-0.25, -0.2) is 14.6 Å². The van der Waals surface area contributed by atoms with E-state index in [0.29, 0.717) is 0 Å². The summed E-state index contributed by atoms with van der Waals surface area (Å²) in [6, 6.07) is 3.00. The highest BCUT2D eigenvalue weighted by Crippen LogP contribution is 2.20. The Morgan fingerprint density at radius 3 is 2.36 bits per heavy atom. The van der Waals surface area contributed by atoms with Gasteiger partial charge in [0.2, 0.25) is 0 Å². The van der Waals surface area contributed by atoms with Crippen LogP contribution < -0.4 is 11.3 Å². The summed E-state index contributed by atoms with van der Waals surface area (Å²) in [5.41, 5.74) is 0.883. The Balaban J connectivity index is 3.11. The molecule has 1 aromatic carbocycles. The van der Waals surface area contributed by atoms with Gasteiger partial charge in [-0.05, 0) is 12.1 Å². The van der Waals surface area contributed by atoms with Crippen molar-refractivity contribution >= 4 is 5.91 Å². The van der Waals surface area contributed by atoms with Gasteiger partial charge >= 0.3 is 0 Å². The van der Waals surface area contributed by atoms with Gasteiger partial charge < -0.3 is 5.11 Å². The Kier molecular flexibility index (Phi) is 3.10. The summed E-state index contributed by atoms with van der Waals surface area (Å²) in [6.07, 6.45) is -1.94. The standard InChI is InChI=1S/C8H8F2N2O2/c9-4-2-1-3-5(10)6(4)7(13)8(14)12-11/h1-3,7,13H,11H2,(H,12,14).